The number of para-hydroxylation sites is 1. The first kappa shape index (κ1) is 20.8. The number of hydrogen-bond acceptors (Lipinski definition) is 3. The molecule has 5 rings (SSSR count). The van der Waals surface area contributed by atoms with Crippen LogP contribution in [0.25, 0.3) is 39.0 Å². The zero-order chi connectivity index (χ0) is 22.9. The van der Waals surface area contributed by atoms with Gasteiger partial charge in [0, 0.05) is 27.7 Å². The highest BCUT2D eigenvalue weighted by Crippen LogP contribution is 2.35. The lowest BCUT2D eigenvalue weighted by molar-refractivity contribution is -0.384. The zero-order valence-electron chi connectivity index (χ0n) is 17.3. The van der Waals surface area contributed by atoms with Gasteiger partial charge in [0.2, 0.25) is 0 Å². The fraction of sp³-hybridized carbons (Fsp3) is 0. The number of aromatic nitrogens is 1. The number of nitro groups is 1. The lowest BCUT2D eigenvalue weighted by Crippen LogP contribution is -2.15. The van der Waals surface area contributed by atoms with E-state index in [1.807, 2.05) is 78.9 Å². The molecule has 0 bridgehead atoms. The largest absolute Gasteiger partial charge is 0.308 e. The molecule has 0 unspecified atom stereocenters. The molecule has 0 aliphatic rings. The number of rotatable bonds is 4. The van der Waals surface area contributed by atoms with E-state index in [-0.39, 0.29) is 11.1 Å². The predicted octanol–water partition coefficient (Wildman–Crippen LogP) is 7.00. The van der Waals surface area contributed by atoms with Crippen LogP contribution >= 0.6 is 15.9 Å². The highest BCUT2D eigenvalue weighted by Gasteiger charge is 2.21. The molecular formula is C27H17BrN2O3. The molecule has 0 aliphatic carbocycles. The summed E-state index contributed by atoms with van der Waals surface area (Å²) in [4.78, 5) is 24.6. The first-order chi connectivity index (χ1) is 16.0. The van der Waals surface area contributed by atoms with Gasteiger partial charge < -0.3 is 4.57 Å². The lowest BCUT2D eigenvalue weighted by Gasteiger charge is -2.21. The number of hydrogen-bond donors (Lipinski definition) is 0. The Balaban J connectivity index is 1.96. The highest BCUT2D eigenvalue weighted by molar-refractivity contribution is 9.10. The molecule has 0 saturated carbocycles. The standard InChI is InChI=1S/C27H17BrN2O3/c28-20-12-16-21(17-13-20)29-24-9-5-4-8-23(24)27(31)25(26(29)19-6-2-1-3-7-19)18-10-14-22(15-11-18)30(32)33/h1-17H. The average molecular weight is 497 g/mol. The molecule has 6 heteroatoms. The van der Waals surface area contributed by atoms with Crippen molar-refractivity contribution in [1.82, 2.24) is 4.57 Å². The Morgan fingerprint density at radius 2 is 1.36 bits per heavy atom. The van der Waals surface area contributed by atoms with Crippen LogP contribution in [-0.2, 0) is 0 Å². The van der Waals surface area contributed by atoms with Crippen LogP contribution in [0.1, 0.15) is 0 Å². The van der Waals surface area contributed by atoms with Gasteiger partial charge in [0.1, 0.15) is 0 Å². The predicted molar refractivity (Wildman–Crippen MR) is 135 cm³/mol. The van der Waals surface area contributed by atoms with Gasteiger partial charge in [-0.15, -0.1) is 0 Å². The van der Waals surface area contributed by atoms with E-state index in [1.54, 1.807) is 12.1 Å². The van der Waals surface area contributed by atoms with Gasteiger partial charge in [-0.05, 0) is 59.7 Å². The molecule has 5 aromatic rings. The van der Waals surface area contributed by atoms with E-state index in [1.165, 1.54) is 12.1 Å². The SMILES string of the molecule is O=c1c(-c2ccc([N+](=O)[O-])cc2)c(-c2ccccc2)n(-c2ccc(Br)cc2)c2ccccc12. The summed E-state index contributed by atoms with van der Waals surface area (Å²) < 4.78 is 3.03. The molecule has 0 radical (unpaired) electrons. The van der Waals surface area contributed by atoms with Crippen LogP contribution in [0.5, 0.6) is 0 Å². The minimum Gasteiger partial charge on any atom is -0.308 e. The van der Waals surface area contributed by atoms with Crippen LogP contribution in [-0.4, -0.2) is 9.49 Å². The molecule has 1 aromatic heterocycles. The van der Waals surface area contributed by atoms with Crippen LogP contribution in [0.15, 0.2) is 112 Å². The maximum Gasteiger partial charge on any atom is 0.269 e. The van der Waals surface area contributed by atoms with Crippen LogP contribution in [0.2, 0.25) is 0 Å². The van der Waals surface area contributed by atoms with Gasteiger partial charge >= 0.3 is 0 Å². The topological polar surface area (TPSA) is 65.1 Å². The Morgan fingerprint density at radius 1 is 0.727 bits per heavy atom. The van der Waals surface area contributed by atoms with Crippen LogP contribution in [0.3, 0.4) is 0 Å². The molecule has 0 N–H and O–H groups in total. The van der Waals surface area contributed by atoms with Crippen molar-refractivity contribution in [3.63, 3.8) is 0 Å². The van der Waals surface area contributed by atoms with E-state index >= 15 is 0 Å². The summed E-state index contributed by atoms with van der Waals surface area (Å²) in [5.41, 5.74) is 4.28. The molecule has 0 aliphatic heterocycles. The van der Waals surface area contributed by atoms with Crippen molar-refractivity contribution in [2.24, 2.45) is 0 Å². The maximum atomic E-state index is 13.8. The molecule has 5 nitrogen and oxygen atoms in total. The first-order valence-electron chi connectivity index (χ1n) is 10.3. The Labute approximate surface area is 197 Å². The van der Waals surface area contributed by atoms with Crippen LogP contribution in [0, 0.1) is 10.1 Å². The molecule has 0 saturated heterocycles. The van der Waals surface area contributed by atoms with E-state index in [4.69, 9.17) is 0 Å². The summed E-state index contributed by atoms with van der Waals surface area (Å²) in [5, 5.41) is 11.8. The van der Waals surface area contributed by atoms with Crippen molar-refractivity contribution >= 4 is 32.5 Å². The van der Waals surface area contributed by atoms with Gasteiger partial charge in [0.15, 0.2) is 5.43 Å². The Morgan fingerprint density at radius 3 is 2.03 bits per heavy atom. The molecule has 0 amide bonds. The van der Waals surface area contributed by atoms with Crippen molar-refractivity contribution in [3.8, 4) is 28.1 Å². The molecule has 33 heavy (non-hydrogen) atoms. The summed E-state index contributed by atoms with van der Waals surface area (Å²) in [5.74, 6) is 0. The summed E-state index contributed by atoms with van der Waals surface area (Å²) >= 11 is 3.50. The summed E-state index contributed by atoms with van der Waals surface area (Å²) in [6.07, 6.45) is 0. The van der Waals surface area contributed by atoms with Gasteiger partial charge in [0.05, 0.1) is 21.7 Å². The smallest absolute Gasteiger partial charge is 0.269 e. The first-order valence-corrected chi connectivity index (χ1v) is 11.1. The van der Waals surface area contributed by atoms with Gasteiger partial charge in [-0.3, -0.25) is 14.9 Å². The Hall–Kier alpha value is -4.03. The second-order valence-electron chi connectivity index (χ2n) is 7.55. The van der Waals surface area contributed by atoms with Crippen LogP contribution in [0.4, 0.5) is 5.69 Å². The summed E-state index contributed by atoms with van der Waals surface area (Å²) in [6.45, 7) is 0. The quantitative estimate of drug-likeness (QED) is 0.199. The van der Waals surface area contributed by atoms with E-state index in [0.717, 1.165) is 26.9 Å². The number of fused-ring (bicyclic) bond motifs is 1. The molecular weight excluding hydrogens is 480 g/mol. The van der Waals surface area contributed by atoms with Gasteiger partial charge in [-0.2, -0.15) is 0 Å². The van der Waals surface area contributed by atoms with E-state index in [2.05, 4.69) is 20.5 Å². The third-order valence-corrected chi connectivity index (χ3v) is 6.10. The second kappa shape index (κ2) is 8.48. The fourth-order valence-electron chi connectivity index (χ4n) is 4.08. The van der Waals surface area contributed by atoms with Gasteiger partial charge in [0.25, 0.3) is 5.69 Å². The van der Waals surface area contributed by atoms with Gasteiger partial charge in [-0.25, -0.2) is 0 Å². The lowest BCUT2D eigenvalue weighted by atomic mass is 9.95. The molecule has 0 spiro atoms. The van der Waals surface area contributed by atoms with Crippen molar-refractivity contribution < 1.29 is 4.92 Å². The van der Waals surface area contributed by atoms with Crippen molar-refractivity contribution in [3.05, 3.63) is 128 Å². The summed E-state index contributed by atoms with van der Waals surface area (Å²) in [6, 6.07) is 31.3. The van der Waals surface area contributed by atoms with E-state index in [0.29, 0.717) is 16.5 Å². The molecule has 0 fully saturated rings. The van der Waals surface area contributed by atoms with Gasteiger partial charge in [-0.1, -0.05) is 58.4 Å². The highest BCUT2D eigenvalue weighted by atomic mass is 79.9. The van der Waals surface area contributed by atoms with E-state index < -0.39 is 4.92 Å². The number of nitrogens with zero attached hydrogens (tertiary/aromatic N) is 2. The number of nitro benzene ring substituents is 1. The van der Waals surface area contributed by atoms with Crippen molar-refractivity contribution in [2.75, 3.05) is 0 Å². The van der Waals surface area contributed by atoms with Crippen LogP contribution < -0.4 is 5.43 Å². The minimum absolute atomic E-state index is 0.0194. The molecule has 4 aromatic carbocycles. The number of pyridine rings is 1. The number of non-ortho nitro benzene ring substituents is 1. The number of benzene rings is 4. The molecule has 1 heterocycles. The minimum atomic E-state index is -0.442. The molecule has 0 atom stereocenters. The molecule has 160 valence electrons. The van der Waals surface area contributed by atoms with Crippen molar-refractivity contribution in [1.29, 1.82) is 0 Å². The summed E-state index contributed by atoms with van der Waals surface area (Å²) in [7, 11) is 0. The second-order valence-corrected chi connectivity index (χ2v) is 8.47. The zero-order valence-corrected chi connectivity index (χ0v) is 18.9. The third kappa shape index (κ3) is 3.75. The Bertz CT molecular complexity index is 1540. The van der Waals surface area contributed by atoms with E-state index in [9.17, 15) is 14.9 Å². The normalized spacial score (nSPS) is 10.9. The maximum absolute atomic E-state index is 13.8. The Kier molecular flexibility index (Phi) is 5.36. The average Bonchev–Trinajstić information content (AvgIpc) is 2.85. The monoisotopic (exact) mass is 496 g/mol. The fourth-order valence-corrected chi connectivity index (χ4v) is 4.34. The number of halogens is 1. The van der Waals surface area contributed by atoms with Crippen molar-refractivity contribution in [2.45, 2.75) is 0 Å². The third-order valence-electron chi connectivity index (χ3n) is 5.58.